The summed E-state index contributed by atoms with van der Waals surface area (Å²) in [7, 11) is 0. The van der Waals surface area contributed by atoms with Crippen molar-refractivity contribution in [2.45, 2.75) is 19.3 Å². The maximum Gasteiger partial charge on any atom is 0.185 e. The Morgan fingerprint density at radius 3 is 1.52 bits per heavy atom. The summed E-state index contributed by atoms with van der Waals surface area (Å²) in [5.74, 6) is 0.192. The molecule has 0 saturated heterocycles. The highest BCUT2D eigenvalue weighted by atomic mass is 16.1. The van der Waals surface area contributed by atoms with Crippen molar-refractivity contribution in [2.75, 3.05) is 0 Å². The predicted octanol–water partition coefficient (Wildman–Crippen LogP) is 7.21. The van der Waals surface area contributed by atoms with Gasteiger partial charge in [-0.1, -0.05) is 84.9 Å². The van der Waals surface area contributed by atoms with E-state index in [1.807, 2.05) is 0 Å². The van der Waals surface area contributed by atoms with Crippen molar-refractivity contribution in [1.29, 1.82) is 0 Å². The molecular formula is C28H22O. The van der Waals surface area contributed by atoms with Crippen LogP contribution in [0.25, 0.3) is 33.7 Å². The number of carbonyl (C=O) groups is 1. The largest absolute Gasteiger partial charge is 0.289 e. The molecule has 1 aliphatic rings. The molecule has 1 heteroatoms. The van der Waals surface area contributed by atoms with E-state index in [9.17, 15) is 4.79 Å². The molecule has 0 aliphatic heterocycles. The highest BCUT2D eigenvalue weighted by molar-refractivity contribution is 6.15. The lowest BCUT2D eigenvalue weighted by Crippen LogP contribution is -2.12. The van der Waals surface area contributed by atoms with Gasteiger partial charge in [0.05, 0.1) is 0 Å². The van der Waals surface area contributed by atoms with Gasteiger partial charge in [0.2, 0.25) is 0 Å². The SMILES string of the molecule is O=C1C(=Cc2cccc3ccccc23)CCCC1=Cc1cccc2ccccc12. The number of fused-ring (bicyclic) bond motifs is 2. The molecule has 0 radical (unpaired) electrons. The summed E-state index contributed by atoms with van der Waals surface area (Å²) < 4.78 is 0. The third kappa shape index (κ3) is 3.40. The summed E-state index contributed by atoms with van der Waals surface area (Å²) in [5.41, 5.74) is 4.08. The van der Waals surface area contributed by atoms with Gasteiger partial charge in [-0.05, 0) is 64.1 Å². The molecule has 0 spiro atoms. The fourth-order valence-electron chi connectivity index (χ4n) is 4.31. The Morgan fingerprint density at radius 1 is 0.552 bits per heavy atom. The van der Waals surface area contributed by atoms with Gasteiger partial charge in [-0.15, -0.1) is 0 Å². The Labute approximate surface area is 171 Å². The van der Waals surface area contributed by atoms with E-state index in [1.165, 1.54) is 21.5 Å². The molecule has 0 bridgehead atoms. The number of carbonyl (C=O) groups excluding carboxylic acids is 1. The zero-order chi connectivity index (χ0) is 19.6. The Balaban J connectivity index is 1.55. The topological polar surface area (TPSA) is 17.1 Å². The van der Waals surface area contributed by atoms with Crippen molar-refractivity contribution >= 4 is 39.5 Å². The highest BCUT2D eigenvalue weighted by Crippen LogP contribution is 2.31. The number of rotatable bonds is 2. The van der Waals surface area contributed by atoms with Crippen LogP contribution in [0.15, 0.2) is 96.1 Å². The molecule has 1 fully saturated rings. The minimum atomic E-state index is 0.192. The van der Waals surface area contributed by atoms with E-state index in [-0.39, 0.29) is 5.78 Å². The van der Waals surface area contributed by atoms with Crippen LogP contribution < -0.4 is 0 Å². The summed E-state index contributed by atoms with van der Waals surface area (Å²) in [4.78, 5) is 13.3. The Bertz CT molecular complexity index is 1180. The maximum absolute atomic E-state index is 13.3. The van der Waals surface area contributed by atoms with E-state index < -0.39 is 0 Å². The smallest absolute Gasteiger partial charge is 0.185 e. The van der Waals surface area contributed by atoms with Gasteiger partial charge >= 0.3 is 0 Å². The van der Waals surface area contributed by atoms with Crippen molar-refractivity contribution in [3.05, 3.63) is 107 Å². The highest BCUT2D eigenvalue weighted by Gasteiger charge is 2.21. The van der Waals surface area contributed by atoms with Gasteiger partial charge in [-0.3, -0.25) is 4.79 Å². The van der Waals surface area contributed by atoms with Crippen molar-refractivity contribution < 1.29 is 4.79 Å². The van der Waals surface area contributed by atoms with E-state index in [0.717, 1.165) is 41.5 Å². The third-order valence-corrected chi connectivity index (χ3v) is 5.78. The standard InChI is InChI=1S/C28H22O/c29-28-24(18-22-12-5-10-20-8-1-3-16-26(20)22)14-7-15-25(28)19-23-13-6-11-21-9-2-4-17-27(21)23/h1-6,8-13,16-19H,7,14-15H2. The van der Waals surface area contributed by atoms with Gasteiger partial charge in [0.1, 0.15) is 0 Å². The van der Waals surface area contributed by atoms with Gasteiger partial charge in [0.15, 0.2) is 5.78 Å². The lowest BCUT2D eigenvalue weighted by atomic mass is 9.86. The molecule has 0 amide bonds. The van der Waals surface area contributed by atoms with Crippen LogP contribution in [-0.4, -0.2) is 5.78 Å². The van der Waals surface area contributed by atoms with Gasteiger partial charge in [0.25, 0.3) is 0 Å². The van der Waals surface area contributed by atoms with Crippen LogP contribution in [0.5, 0.6) is 0 Å². The van der Waals surface area contributed by atoms with Gasteiger partial charge in [0, 0.05) is 11.1 Å². The van der Waals surface area contributed by atoms with Crippen molar-refractivity contribution in [2.24, 2.45) is 0 Å². The average Bonchev–Trinajstić information content (AvgIpc) is 2.77. The third-order valence-electron chi connectivity index (χ3n) is 5.78. The summed E-state index contributed by atoms with van der Waals surface area (Å²) in [6, 6.07) is 29.3. The summed E-state index contributed by atoms with van der Waals surface area (Å²) >= 11 is 0. The molecule has 1 nitrogen and oxygen atoms in total. The molecule has 1 saturated carbocycles. The number of hydrogen-bond acceptors (Lipinski definition) is 1. The summed E-state index contributed by atoms with van der Waals surface area (Å²) in [6.45, 7) is 0. The number of hydrogen-bond donors (Lipinski definition) is 0. The molecule has 0 heterocycles. The van der Waals surface area contributed by atoms with E-state index in [2.05, 4.69) is 97.1 Å². The van der Waals surface area contributed by atoms with Crippen molar-refractivity contribution in [1.82, 2.24) is 0 Å². The Morgan fingerprint density at radius 2 is 1.00 bits per heavy atom. The molecule has 0 aromatic heterocycles. The van der Waals surface area contributed by atoms with Gasteiger partial charge in [-0.25, -0.2) is 0 Å². The van der Waals surface area contributed by atoms with Crippen LogP contribution in [-0.2, 0) is 4.79 Å². The fourth-order valence-corrected chi connectivity index (χ4v) is 4.31. The molecule has 5 rings (SSSR count). The second-order valence-electron chi connectivity index (χ2n) is 7.66. The van der Waals surface area contributed by atoms with Crippen LogP contribution in [0.2, 0.25) is 0 Å². The Kier molecular flexibility index (Phi) is 4.57. The summed E-state index contributed by atoms with van der Waals surface area (Å²) in [6.07, 6.45) is 6.89. The van der Waals surface area contributed by atoms with Crippen LogP contribution in [0, 0.1) is 0 Å². The zero-order valence-corrected chi connectivity index (χ0v) is 16.3. The van der Waals surface area contributed by atoms with Crippen molar-refractivity contribution in [3.63, 3.8) is 0 Å². The fraction of sp³-hybridized carbons (Fsp3) is 0.107. The van der Waals surface area contributed by atoms with E-state index in [1.54, 1.807) is 0 Å². The predicted molar refractivity (Wildman–Crippen MR) is 123 cm³/mol. The first-order chi connectivity index (χ1) is 14.3. The number of benzene rings is 4. The van der Waals surface area contributed by atoms with E-state index >= 15 is 0 Å². The number of ketones is 1. The number of Topliss-reactive ketones (excluding diaryl/α,β-unsaturated/α-hetero) is 1. The van der Waals surface area contributed by atoms with Crippen LogP contribution in [0.3, 0.4) is 0 Å². The quantitative estimate of drug-likeness (QED) is 0.339. The monoisotopic (exact) mass is 374 g/mol. The van der Waals surface area contributed by atoms with E-state index in [4.69, 9.17) is 0 Å². The minimum absolute atomic E-state index is 0.192. The van der Waals surface area contributed by atoms with Crippen LogP contribution >= 0.6 is 0 Å². The van der Waals surface area contributed by atoms with Crippen LogP contribution in [0.4, 0.5) is 0 Å². The molecule has 4 aromatic carbocycles. The molecule has 0 unspecified atom stereocenters. The average molecular weight is 374 g/mol. The van der Waals surface area contributed by atoms with E-state index in [0.29, 0.717) is 0 Å². The minimum Gasteiger partial charge on any atom is -0.289 e. The lowest BCUT2D eigenvalue weighted by molar-refractivity contribution is -0.112. The van der Waals surface area contributed by atoms with Crippen LogP contribution in [0.1, 0.15) is 30.4 Å². The molecule has 140 valence electrons. The zero-order valence-electron chi connectivity index (χ0n) is 16.3. The second-order valence-corrected chi connectivity index (χ2v) is 7.66. The van der Waals surface area contributed by atoms with Gasteiger partial charge < -0.3 is 0 Å². The molecule has 0 N–H and O–H groups in total. The molecular weight excluding hydrogens is 352 g/mol. The first kappa shape index (κ1) is 17.6. The Hall–Kier alpha value is -3.45. The second kappa shape index (κ2) is 7.52. The first-order valence-corrected chi connectivity index (χ1v) is 10.2. The van der Waals surface area contributed by atoms with Gasteiger partial charge in [-0.2, -0.15) is 0 Å². The normalized spacial score (nSPS) is 17.4. The lowest BCUT2D eigenvalue weighted by Gasteiger charge is -2.17. The molecule has 4 aromatic rings. The maximum atomic E-state index is 13.3. The van der Waals surface area contributed by atoms with Crippen molar-refractivity contribution in [3.8, 4) is 0 Å². The number of allylic oxidation sites excluding steroid dienone is 2. The molecule has 0 atom stereocenters. The molecule has 1 aliphatic carbocycles. The molecule has 29 heavy (non-hydrogen) atoms. The first-order valence-electron chi connectivity index (χ1n) is 10.2. The summed E-state index contributed by atoms with van der Waals surface area (Å²) in [5, 5.41) is 4.80.